The van der Waals surface area contributed by atoms with Crippen molar-refractivity contribution in [2.75, 3.05) is 0 Å². The van der Waals surface area contributed by atoms with Crippen LogP contribution in [0.2, 0.25) is 5.02 Å². The summed E-state index contributed by atoms with van der Waals surface area (Å²) in [6, 6.07) is 13.0. The maximum absolute atomic E-state index is 12.6. The van der Waals surface area contributed by atoms with Crippen molar-refractivity contribution in [2.24, 2.45) is 11.7 Å². The Kier molecular flexibility index (Phi) is 8.66. The molecular formula is C18H22Cl3N3O. The zero-order valence-electron chi connectivity index (χ0n) is 13.6. The van der Waals surface area contributed by atoms with Gasteiger partial charge in [-0.25, -0.2) is 0 Å². The number of pyridine rings is 1. The van der Waals surface area contributed by atoms with Crippen molar-refractivity contribution in [1.29, 1.82) is 0 Å². The molecule has 0 radical (unpaired) electrons. The highest BCUT2D eigenvalue weighted by molar-refractivity contribution is 6.30. The lowest BCUT2D eigenvalue weighted by molar-refractivity contribution is -0.125. The topological polar surface area (TPSA) is 68.0 Å². The minimum absolute atomic E-state index is 0. The van der Waals surface area contributed by atoms with E-state index in [1.165, 1.54) is 0 Å². The Morgan fingerprint density at radius 2 is 2.00 bits per heavy atom. The van der Waals surface area contributed by atoms with Crippen LogP contribution in [0.5, 0.6) is 0 Å². The summed E-state index contributed by atoms with van der Waals surface area (Å²) < 4.78 is 0. The number of rotatable bonds is 4. The highest BCUT2D eigenvalue weighted by Crippen LogP contribution is 2.27. The number of nitrogens with two attached hydrogens (primary N) is 1. The molecule has 0 saturated heterocycles. The van der Waals surface area contributed by atoms with E-state index in [0.29, 0.717) is 5.02 Å². The number of carbonyl (C=O) groups is 1. The number of hydrogen-bond acceptors (Lipinski definition) is 3. The first kappa shape index (κ1) is 21.7. The molecule has 1 aliphatic carbocycles. The zero-order chi connectivity index (χ0) is 16.2. The van der Waals surface area contributed by atoms with Crippen LogP contribution in [0.4, 0.5) is 0 Å². The van der Waals surface area contributed by atoms with Crippen LogP contribution in [-0.4, -0.2) is 16.9 Å². The van der Waals surface area contributed by atoms with Gasteiger partial charge in [0.05, 0.1) is 11.7 Å². The summed E-state index contributed by atoms with van der Waals surface area (Å²) in [5, 5.41) is 3.76. The fourth-order valence-corrected chi connectivity index (χ4v) is 3.27. The van der Waals surface area contributed by atoms with Crippen LogP contribution in [-0.2, 0) is 4.79 Å². The monoisotopic (exact) mass is 401 g/mol. The standard InChI is InChI=1S/C18H20ClN3O.2ClH/c19-14-5-3-4-12(10-14)17(16-6-1-2-9-21-16)22-18(23)13-7-8-15(20)11-13;;/h1-6,9-10,13,15,17H,7-8,11,20H2,(H,22,23);2*1H. The number of nitrogens with zero attached hydrogens (tertiary/aromatic N) is 1. The van der Waals surface area contributed by atoms with Gasteiger partial charge in [0.15, 0.2) is 0 Å². The van der Waals surface area contributed by atoms with Crippen molar-refractivity contribution in [1.82, 2.24) is 10.3 Å². The highest BCUT2D eigenvalue weighted by Gasteiger charge is 2.30. The van der Waals surface area contributed by atoms with Crippen LogP contribution in [0.15, 0.2) is 48.7 Å². The second-order valence-corrected chi connectivity index (χ2v) is 6.46. The fourth-order valence-electron chi connectivity index (χ4n) is 3.08. The third kappa shape index (κ3) is 5.58. The minimum atomic E-state index is -0.306. The Hall–Kier alpha value is -1.33. The van der Waals surface area contributed by atoms with E-state index in [2.05, 4.69) is 10.3 Å². The van der Waals surface area contributed by atoms with Gasteiger partial charge in [-0.2, -0.15) is 0 Å². The third-order valence-electron chi connectivity index (χ3n) is 4.30. The summed E-state index contributed by atoms with van der Waals surface area (Å²) in [4.78, 5) is 17.0. The lowest BCUT2D eigenvalue weighted by Gasteiger charge is -2.21. The van der Waals surface area contributed by atoms with Gasteiger partial charge in [0.1, 0.15) is 0 Å². The molecule has 3 N–H and O–H groups in total. The number of carbonyl (C=O) groups excluding carboxylic acids is 1. The van der Waals surface area contributed by atoms with Gasteiger partial charge in [0.2, 0.25) is 5.91 Å². The maximum Gasteiger partial charge on any atom is 0.223 e. The molecule has 1 amide bonds. The molecule has 1 aromatic heterocycles. The van der Waals surface area contributed by atoms with E-state index in [9.17, 15) is 4.79 Å². The SMILES string of the molecule is Cl.Cl.NC1CCC(C(=O)NC(c2cccc(Cl)c2)c2ccccn2)C1. The van der Waals surface area contributed by atoms with Gasteiger partial charge in [0, 0.05) is 23.2 Å². The van der Waals surface area contributed by atoms with Crippen molar-refractivity contribution in [3.8, 4) is 0 Å². The molecule has 1 heterocycles. The Morgan fingerprint density at radius 1 is 1.20 bits per heavy atom. The first-order chi connectivity index (χ1) is 11.1. The summed E-state index contributed by atoms with van der Waals surface area (Å²) in [5.74, 6) is 0.0176. The average Bonchev–Trinajstić information content (AvgIpc) is 3.00. The molecule has 4 nitrogen and oxygen atoms in total. The Bertz CT molecular complexity index is 684. The van der Waals surface area contributed by atoms with Crippen LogP contribution < -0.4 is 11.1 Å². The maximum atomic E-state index is 12.6. The normalized spacial score (nSPS) is 20.1. The van der Waals surface area contributed by atoms with Crippen LogP contribution >= 0.6 is 36.4 Å². The van der Waals surface area contributed by atoms with E-state index >= 15 is 0 Å². The summed E-state index contributed by atoms with van der Waals surface area (Å²) in [6.45, 7) is 0. The molecular weight excluding hydrogens is 381 g/mol. The van der Waals surface area contributed by atoms with Crippen LogP contribution in [0.3, 0.4) is 0 Å². The van der Waals surface area contributed by atoms with Crippen molar-refractivity contribution < 1.29 is 4.79 Å². The third-order valence-corrected chi connectivity index (χ3v) is 4.53. The molecule has 1 saturated carbocycles. The summed E-state index contributed by atoms with van der Waals surface area (Å²) in [7, 11) is 0. The lowest BCUT2D eigenvalue weighted by Crippen LogP contribution is -2.34. The molecule has 2 aromatic rings. The molecule has 3 atom stereocenters. The predicted molar refractivity (Wildman–Crippen MR) is 105 cm³/mol. The second kappa shape index (κ2) is 9.97. The molecule has 0 bridgehead atoms. The first-order valence-electron chi connectivity index (χ1n) is 7.86. The van der Waals surface area contributed by atoms with E-state index in [0.717, 1.165) is 30.5 Å². The zero-order valence-corrected chi connectivity index (χ0v) is 16.0. The van der Waals surface area contributed by atoms with Crippen molar-refractivity contribution in [2.45, 2.75) is 31.3 Å². The fraction of sp³-hybridized carbons (Fsp3) is 0.333. The molecule has 136 valence electrons. The number of hydrogen-bond donors (Lipinski definition) is 2. The molecule has 1 aliphatic rings. The molecule has 1 fully saturated rings. The summed E-state index contributed by atoms with van der Waals surface area (Å²) in [5.41, 5.74) is 7.65. The Morgan fingerprint density at radius 3 is 2.60 bits per heavy atom. The van der Waals surface area contributed by atoms with Gasteiger partial charge in [0.25, 0.3) is 0 Å². The van der Waals surface area contributed by atoms with Gasteiger partial charge < -0.3 is 11.1 Å². The van der Waals surface area contributed by atoms with Gasteiger partial charge in [-0.05, 0) is 49.1 Å². The highest BCUT2D eigenvalue weighted by atomic mass is 35.5. The van der Waals surface area contributed by atoms with E-state index in [4.69, 9.17) is 17.3 Å². The van der Waals surface area contributed by atoms with Gasteiger partial charge in [-0.3, -0.25) is 9.78 Å². The number of halogens is 3. The lowest BCUT2D eigenvalue weighted by atomic mass is 10.0. The quantitative estimate of drug-likeness (QED) is 0.814. The number of nitrogens with one attached hydrogen (secondary N) is 1. The van der Waals surface area contributed by atoms with Crippen molar-refractivity contribution >= 4 is 42.3 Å². The van der Waals surface area contributed by atoms with E-state index in [1.54, 1.807) is 6.20 Å². The van der Waals surface area contributed by atoms with E-state index < -0.39 is 0 Å². The average molecular weight is 403 g/mol. The molecule has 0 spiro atoms. The Balaban J connectivity index is 0.00000156. The summed E-state index contributed by atoms with van der Waals surface area (Å²) in [6.07, 6.45) is 4.22. The van der Waals surface area contributed by atoms with Crippen LogP contribution in [0, 0.1) is 5.92 Å². The van der Waals surface area contributed by atoms with E-state index in [1.807, 2.05) is 42.5 Å². The second-order valence-electron chi connectivity index (χ2n) is 6.02. The number of amides is 1. The van der Waals surface area contributed by atoms with Crippen molar-refractivity contribution in [3.05, 3.63) is 64.9 Å². The van der Waals surface area contributed by atoms with Crippen LogP contribution in [0.25, 0.3) is 0 Å². The molecule has 7 heteroatoms. The van der Waals surface area contributed by atoms with E-state index in [-0.39, 0.29) is 48.7 Å². The van der Waals surface area contributed by atoms with Gasteiger partial charge in [-0.1, -0.05) is 29.8 Å². The van der Waals surface area contributed by atoms with Gasteiger partial charge >= 0.3 is 0 Å². The number of aromatic nitrogens is 1. The molecule has 3 unspecified atom stereocenters. The first-order valence-corrected chi connectivity index (χ1v) is 8.23. The summed E-state index contributed by atoms with van der Waals surface area (Å²) >= 11 is 6.11. The molecule has 1 aromatic carbocycles. The molecule has 3 rings (SSSR count). The van der Waals surface area contributed by atoms with Gasteiger partial charge in [-0.15, -0.1) is 24.8 Å². The smallest absolute Gasteiger partial charge is 0.223 e. The number of benzene rings is 1. The minimum Gasteiger partial charge on any atom is -0.343 e. The van der Waals surface area contributed by atoms with Crippen molar-refractivity contribution in [3.63, 3.8) is 0 Å². The molecule has 0 aliphatic heterocycles. The van der Waals surface area contributed by atoms with Crippen LogP contribution in [0.1, 0.15) is 36.6 Å². The Labute approximate surface area is 165 Å². The molecule has 25 heavy (non-hydrogen) atoms. The predicted octanol–water partition coefficient (Wildman–Crippen LogP) is 3.91. The largest absolute Gasteiger partial charge is 0.343 e.